The van der Waals surface area contributed by atoms with Crippen molar-refractivity contribution >= 4 is 11.7 Å². The second kappa shape index (κ2) is 4.76. The number of carbonyl (C=O) groups is 1. The Morgan fingerprint density at radius 3 is 3.05 bits per heavy atom. The van der Waals surface area contributed by atoms with Gasteiger partial charge in [0, 0.05) is 17.7 Å². The van der Waals surface area contributed by atoms with Gasteiger partial charge in [0.15, 0.2) is 5.78 Å². The van der Waals surface area contributed by atoms with Crippen LogP contribution in [0.3, 0.4) is 0 Å². The van der Waals surface area contributed by atoms with Gasteiger partial charge in [0.1, 0.15) is 18.2 Å². The molecule has 22 heavy (non-hydrogen) atoms. The Bertz CT molecular complexity index is 795. The minimum atomic E-state index is -0.413. The van der Waals surface area contributed by atoms with Crippen LogP contribution in [0.15, 0.2) is 41.9 Å². The lowest BCUT2D eigenvalue weighted by Crippen LogP contribution is -2.33. The molecule has 0 amide bonds. The van der Waals surface area contributed by atoms with Crippen molar-refractivity contribution < 1.29 is 9.18 Å². The quantitative estimate of drug-likeness (QED) is 0.879. The molecular weight excluding hydrogens is 283 g/mol. The van der Waals surface area contributed by atoms with Crippen LogP contribution in [-0.2, 0) is 4.79 Å². The zero-order chi connectivity index (χ0) is 15.3. The number of nitrogens with one attached hydrogen (secondary N) is 1. The molecule has 0 saturated heterocycles. The summed E-state index contributed by atoms with van der Waals surface area (Å²) in [5.41, 5.74) is 2.28. The standard InChI is InChI=1S/C16H15FN4O/c1-9-5-12-14(13(22)6-9)15(10-3-2-4-11(17)7-10)21-16(20-12)18-8-19-21/h2-4,7-9,15H,5-6H2,1H3,(H,18,19,20). The molecule has 0 bridgehead atoms. The Hall–Kier alpha value is -2.50. The Balaban J connectivity index is 1.92. The van der Waals surface area contributed by atoms with Gasteiger partial charge in [-0.1, -0.05) is 19.1 Å². The van der Waals surface area contributed by atoms with Gasteiger partial charge in [-0.15, -0.1) is 0 Å². The molecule has 1 aliphatic carbocycles. The Morgan fingerprint density at radius 2 is 2.23 bits per heavy atom. The van der Waals surface area contributed by atoms with Gasteiger partial charge in [0.2, 0.25) is 5.95 Å². The minimum absolute atomic E-state index is 0.0941. The molecular formula is C16H15FN4O. The SMILES string of the molecule is CC1CC(=O)C2=C(C1)Nc1ncnn1C2c1cccc(F)c1. The van der Waals surface area contributed by atoms with Gasteiger partial charge in [-0.2, -0.15) is 10.1 Å². The van der Waals surface area contributed by atoms with E-state index in [9.17, 15) is 9.18 Å². The van der Waals surface area contributed by atoms with E-state index in [0.717, 1.165) is 12.1 Å². The molecule has 0 spiro atoms. The first-order chi connectivity index (χ1) is 10.6. The zero-order valence-corrected chi connectivity index (χ0v) is 12.1. The highest BCUT2D eigenvalue weighted by Crippen LogP contribution is 2.40. The fourth-order valence-corrected chi connectivity index (χ4v) is 3.33. The van der Waals surface area contributed by atoms with Gasteiger partial charge in [0.05, 0.1) is 0 Å². The number of fused-ring (bicyclic) bond motifs is 1. The van der Waals surface area contributed by atoms with E-state index in [-0.39, 0.29) is 11.6 Å². The average molecular weight is 298 g/mol. The summed E-state index contributed by atoms with van der Waals surface area (Å²) in [6.07, 6.45) is 2.75. The number of Topliss-reactive ketones (excluding diaryl/α,β-unsaturated/α-hetero) is 1. The van der Waals surface area contributed by atoms with Crippen LogP contribution in [0, 0.1) is 11.7 Å². The molecule has 1 aliphatic heterocycles. The van der Waals surface area contributed by atoms with Crippen molar-refractivity contribution in [1.29, 1.82) is 0 Å². The lowest BCUT2D eigenvalue weighted by molar-refractivity contribution is -0.117. The number of rotatable bonds is 1. The van der Waals surface area contributed by atoms with Crippen LogP contribution in [-0.4, -0.2) is 20.5 Å². The van der Waals surface area contributed by atoms with Crippen LogP contribution in [0.25, 0.3) is 0 Å². The van der Waals surface area contributed by atoms with Crippen LogP contribution in [0.1, 0.15) is 31.4 Å². The highest BCUT2D eigenvalue weighted by atomic mass is 19.1. The minimum Gasteiger partial charge on any atom is -0.328 e. The predicted octanol–water partition coefficient (Wildman–Crippen LogP) is 2.69. The third-order valence-corrected chi connectivity index (χ3v) is 4.23. The van der Waals surface area contributed by atoms with E-state index in [2.05, 4.69) is 22.3 Å². The predicted molar refractivity (Wildman–Crippen MR) is 78.6 cm³/mol. The fourth-order valence-electron chi connectivity index (χ4n) is 3.33. The smallest absolute Gasteiger partial charge is 0.226 e. The van der Waals surface area contributed by atoms with Gasteiger partial charge in [0.25, 0.3) is 0 Å². The molecule has 1 aromatic heterocycles. The third kappa shape index (κ3) is 1.94. The zero-order valence-electron chi connectivity index (χ0n) is 12.1. The van der Waals surface area contributed by atoms with Crippen LogP contribution in [0.5, 0.6) is 0 Å². The second-order valence-electron chi connectivity index (χ2n) is 5.94. The van der Waals surface area contributed by atoms with Crippen LogP contribution < -0.4 is 5.32 Å². The number of benzene rings is 1. The van der Waals surface area contributed by atoms with E-state index >= 15 is 0 Å². The monoisotopic (exact) mass is 298 g/mol. The highest BCUT2D eigenvalue weighted by Gasteiger charge is 2.37. The average Bonchev–Trinajstić information content (AvgIpc) is 2.92. The van der Waals surface area contributed by atoms with Gasteiger partial charge in [-0.05, 0) is 30.0 Å². The van der Waals surface area contributed by atoms with Crippen LogP contribution >= 0.6 is 0 Å². The Kier molecular flexibility index (Phi) is 2.85. The third-order valence-electron chi connectivity index (χ3n) is 4.23. The van der Waals surface area contributed by atoms with E-state index < -0.39 is 6.04 Å². The van der Waals surface area contributed by atoms with E-state index in [0.29, 0.717) is 29.4 Å². The topological polar surface area (TPSA) is 59.8 Å². The van der Waals surface area contributed by atoms with E-state index in [1.165, 1.54) is 18.5 Å². The van der Waals surface area contributed by atoms with Gasteiger partial charge in [-0.25, -0.2) is 9.07 Å². The lowest BCUT2D eigenvalue weighted by atomic mass is 9.81. The molecule has 2 atom stereocenters. The van der Waals surface area contributed by atoms with Crippen molar-refractivity contribution in [2.45, 2.75) is 25.8 Å². The number of ketones is 1. The molecule has 2 heterocycles. The summed E-state index contributed by atoms with van der Waals surface area (Å²) >= 11 is 0. The van der Waals surface area contributed by atoms with Gasteiger partial charge in [-0.3, -0.25) is 4.79 Å². The van der Waals surface area contributed by atoms with Gasteiger partial charge >= 0.3 is 0 Å². The Labute approximate surface area is 126 Å². The molecule has 0 fully saturated rings. The molecule has 1 N–H and O–H groups in total. The molecule has 5 nitrogen and oxygen atoms in total. The normalized spacial score (nSPS) is 23.8. The second-order valence-corrected chi connectivity index (χ2v) is 5.94. The maximum absolute atomic E-state index is 13.6. The number of halogens is 1. The first-order valence-electron chi connectivity index (χ1n) is 7.31. The fraction of sp³-hybridized carbons (Fsp3) is 0.312. The molecule has 4 rings (SSSR count). The highest BCUT2D eigenvalue weighted by molar-refractivity contribution is 5.99. The molecule has 2 aliphatic rings. The summed E-state index contributed by atoms with van der Waals surface area (Å²) < 4.78 is 15.3. The first kappa shape index (κ1) is 13.2. The number of carbonyl (C=O) groups excluding carboxylic acids is 1. The summed E-state index contributed by atoms with van der Waals surface area (Å²) in [6, 6.07) is 5.91. The lowest BCUT2D eigenvalue weighted by Gasteiger charge is -2.34. The summed E-state index contributed by atoms with van der Waals surface area (Å²) in [4.78, 5) is 16.8. The first-order valence-corrected chi connectivity index (χ1v) is 7.31. The molecule has 112 valence electrons. The summed E-state index contributed by atoms with van der Waals surface area (Å²) in [5, 5.41) is 7.43. The number of hydrogen-bond donors (Lipinski definition) is 1. The molecule has 0 saturated carbocycles. The van der Waals surface area contributed by atoms with Crippen molar-refractivity contribution in [3.8, 4) is 0 Å². The number of aromatic nitrogens is 3. The summed E-state index contributed by atoms with van der Waals surface area (Å²) in [5.74, 6) is 0.657. The molecule has 2 unspecified atom stereocenters. The van der Waals surface area contributed by atoms with Crippen LogP contribution in [0.4, 0.5) is 10.3 Å². The largest absolute Gasteiger partial charge is 0.328 e. The van der Waals surface area contributed by atoms with E-state index in [1.807, 2.05) is 6.07 Å². The summed E-state index contributed by atoms with van der Waals surface area (Å²) in [7, 11) is 0. The van der Waals surface area contributed by atoms with Crippen molar-refractivity contribution in [2.24, 2.45) is 5.92 Å². The van der Waals surface area contributed by atoms with E-state index in [1.54, 1.807) is 10.7 Å². The van der Waals surface area contributed by atoms with Crippen LogP contribution in [0.2, 0.25) is 0 Å². The Morgan fingerprint density at radius 1 is 1.36 bits per heavy atom. The number of anilines is 1. The number of hydrogen-bond acceptors (Lipinski definition) is 4. The van der Waals surface area contributed by atoms with E-state index in [4.69, 9.17) is 0 Å². The van der Waals surface area contributed by atoms with Crippen molar-refractivity contribution in [1.82, 2.24) is 14.8 Å². The molecule has 1 aromatic carbocycles. The van der Waals surface area contributed by atoms with Gasteiger partial charge < -0.3 is 5.32 Å². The maximum atomic E-state index is 13.6. The molecule has 0 radical (unpaired) electrons. The molecule has 2 aromatic rings. The van der Waals surface area contributed by atoms with Crippen molar-refractivity contribution in [2.75, 3.05) is 5.32 Å². The van der Waals surface area contributed by atoms with Crippen molar-refractivity contribution in [3.63, 3.8) is 0 Å². The van der Waals surface area contributed by atoms with Crippen molar-refractivity contribution in [3.05, 3.63) is 53.2 Å². The number of allylic oxidation sites excluding steroid dienone is 2. The summed E-state index contributed by atoms with van der Waals surface area (Å²) in [6.45, 7) is 2.06. The maximum Gasteiger partial charge on any atom is 0.226 e. The number of nitrogens with zero attached hydrogens (tertiary/aromatic N) is 3. The molecule has 6 heteroatoms.